The summed E-state index contributed by atoms with van der Waals surface area (Å²) in [6.07, 6.45) is 2.18. The van der Waals surface area contributed by atoms with Gasteiger partial charge in [-0.25, -0.2) is 4.98 Å². The predicted molar refractivity (Wildman–Crippen MR) is 106 cm³/mol. The van der Waals surface area contributed by atoms with Crippen LogP contribution in [0.3, 0.4) is 0 Å². The third kappa shape index (κ3) is 4.58. The Kier molecular flexibility index (Phi) is 6.66. The van der Waals surface area contributed by atoms with Crippen molar-refractivity contribution < 1.29 is 18.3 Å². The molecule has 1 aliphatic rings. The Morgan fingerprint density at radius 2 is 2.07 bits per heavy atom. The Hall–Kier alpha value is -0.900. The number of rotatable bonds is 8. The fraction of sp³-hybridized carbons (Fsp3) is 0.667. The average Bonchev–Trinajstić information content (AvgIpc) is 3.17. The van der Waals surface area contributed by atoms with Crippen LogP contribution in [0.15, 0.2) is 6.33 Å². The van der Waals surface area contributed by atoms with Crippen molar-refractivity contribution in [3.05, 3.63) is 11.5 Å². The molecule has 2 aromatic rings. The SMILES string of the molecule is CCOP(=O)(CC[C@H]1OC(n2cnc3c(Cl)nc(N)nc32)[C@@H](C)S1)OCC. The van der Waals surface area contributed by atoms with Gasteiger partial charge < -0.3 is 19.5 Å². The number of fused-ring (bicyclic) bond motifs is 1. The molecule has 0 aliphatic carbocycles. The highest BCUT2D eigenvalue weighted by atomic mass is 35.5. The van der Waals surface area contributed by atoms with E-state index in [0.29, 0.717) is 37.0 Å². The van der Waals surface area contributed by atoms with Crippen molar-refractivity contribution in [1.29, 1.82) is 0 Å². The topological polar surface area (TPSA) is 114 Å². The first-order chi connectivity index (χ1) is 12.9. The molecule has 0 amide bonds. The second-order valence-electron chi connectivity index (χ2n) is 5.95. The minimum Gasteiger partial charge on any atom is -0.368 e. The van der Waals surface area contributed by atoms with Gasteiger partial charge in [-0.05, 0) is 27.2 Å². The van der Waals surface area contributed by atoms with E-state index in [1.54, 1.807) is 31.9 Å². The van der Waals surface area contributed by atoms with Gasteiger partial charge in [-0.15, -0.1) is 11.8 Å². The molecule has 1 saturated heterocycles. The van der Waals surface area contributed by atoms with Crippen LogP contribution in [0.1, 0.15) is 33.4 Å². The number of ether oxygens (including phenoxy) is 1. The number of aromatic nitrogens is 4. The molecule has 2 aromatic heterocycles. The quantitative estimate of drug-likeness (QED) is 0.489. The second-order valence-corrected chi connectivity index (χ2v) is 10.0. The van der Waals surface area contributed by atoms with Crippen molar-refractivity contribution in [2.45, 2.75) is 44.1 Å². The van der Waals surface area contributed by atoms with Crippen LogP contribution in [-0.4, -0.2) is 49.6 Å². The number of halogens is 1. The summed E-state index contributed by atoms with van der Waals surface area (Å²) in [5, 5.41) is 0.335. The predicted octanol–water partition coefficient (Wildman–Crippen LogP) is 3.69. The maximum absolute atomic E-state index is 12.6. The van der Waals surface area contributed by atoms with E-state index in [-0.39, 0.29) is 28.0 Å². The fourth-order valence-corrected chi connectivity index (χ4v) is 6.25. The minimum atomic E-state index is -3.09. The lowest BCUT2D eigenvalue weighted by molar-refractivity contribution is 0.00749. The van der Waals surface area contributed by atoms with E-state index >= 15 is 0 Å². The zero-order chi connectivity index (χ0) is 19.6. The first-order valence-corrected chi connectivity index (χ1v) is 11.8. The molecule has 1 aliphatic heterocycles. The van der Waals surface area contributed by atoms with Gasteiger partial charge in [-0.2, -0.15) is 9.97 Å². The number of nitrogens with zero attached hydrogens (tertiary/aromatic N) is 4. The molecule has 0 radical (unpaired) electrons. The maximum atomic E-state index is 12.6. The first-order valence-electron chi connectivity index (χ1n) is 8.71. The van der Waals surface area contributed by atoms with Gasteiger partial charge in [0.15, 0.2) is 10.8 Å². The highest BCUT2D eigenvalue weighted by Gasteiger charge is 2.37. The summed E-state index contributed by atoms with van der Waals surface area (Å²) in [6.45, 7) is 6.34. The lowest BCUT2D eigenvalue weighted by atomic mass is 10.4. The molecule has 9 nitrogen and oxygen atoms in total. The zero-order valence-electron chi connectivity index (χ0n) is 15.4. The van der Waals surface area contributed by atoms with Gasteiger partial charge in [0.05, 0.1) is 25.7 Å². The van der Waals surface area contributed by atoms with E-state index in [4.69, 9.17) is 31.1 Å². The van der Waals surface area contributed by atoms with E-state index < -0.39 is 7.60 Å². The summed E-state index contributed by atoms with van der Waals surface area (Å²) in [7, 11) is -3.09. The molecule has 3 rings (SSSR count). The Morgan fingerprint density at radius 3 is 2.74 bits per heavy atom. The Bertz CT molecular complexity index is 843. The first kappa shape index (κ1) is 20.8. The standard InChI is InChI=1S/C15H23ClN5O4PS/c1-4-23-26(22,24-5-2)7-6-10-25-14(9(3)27-10)21-8-18-11-12(16)19-15(17)20-13(11)21/h8-10,14H,4-7H2,1-3H3,(H2,17,19,20)/t9-,10+,14?/m1/s1. The Labute approximate surface area is 166 Å². The number of nitrogen functional groups attached to an aromatic ring is 1. The van der Waals surface area contributed by atoms with E-state index in [1.807, 2.05) is 4.57 Å². The van der Waals surface area contributed by atoms with E-state index in [2.05, 4.69) is 21.9 Å². The van der Waals surface area contributed by atoms with Crippen LogP contribution in [0, 0.1) is 0 Å². The van der Waals surface area contributed by atoms with E-state index in [9.17, 15) is 4.57 Å². The molecule has 2 N–H and O–H groups in total. The molecule has 150 valence electrons. The van der Waals surface area contributed by atoms with Crippen molar-refractivity contribution in [3.63, 3.8) is 0 Å². The van der Waals surface area contributed by atoms with E-state index in [1.165, 1.54) is 0 Å². The number of imidazole rings is 1. The van der Waals surface area contributed by atoms with Gasteiger partial charge in [-0.3, -0.25) is 9.13 Å². The molecular formula is C15H23ClN5O4PS. The molecule has 12 heteroatoms. The molecule has 0 bridgehead atoms. The van der Waals surface area contributed by atoms with Gasteiger partial charge in [-0.1, -0.05) is 11.6 Å². The number of thioether (sulfide) groups is 1. The van der Waals surface area contributed by atoms with Gasteiger partial charge in [0.1, 0.15) is 17.2 Å². The molecule has 1 fully saturated rings. The fourth-order valence-electron chi connectivity index (χ4n) is 2.94. The Balaban J connectivity index is 1.73. The zero-order valence-corrected chi connectivity index (χ0v) is 17.8. The van der Waals surface area contributed by atoms with Crippen LogP contribution in [0.5, 0.6) is 0 Å². The molecule has 0 spiro atoms. The van der Waals surface area contributed by atoms with Gasteiger partial charge >= 0.3 is 7.60 Å². The van der Waals surface area contributed by atoms with Crippen molar-refractivity contribution in [1.82, 2.24) is 19.5 Å². The van der Waals surface area contributed by atoms with Gasteiger partial charge in [0.25, 0.3) is 0 Å². The van der Waals surface area contributed by atoms with Crippen LogP contribution < -0.4 is 5.73 Å². The summed E-state index contributed by atoms with van der Waals surface area (Å²) < 4.78 is 31.3. The maximum Gasteiger partial charge on any atom is 0.330 e. The highest BCUT2D eigenvalue weighted by Crippen LogP contribution is 2.51. The highest BCUT2D eigenvalue weighted by molar-refractivity contribution is 8.00. The van der Waals surface area contributed by atoms with Gasteiger partial charge in [0, 0.05) is 5.25 Å². The van der Waals surface area contributed by atoms with Crippen LogP contribution in [0.4, 0.5) is 5.95 Å². The summed E-state index contributed by atoms with van der Waals surface area (Å²) >= 11 is 7.75. The molecular weight excluding hydrogens is 413 g/mol. The summed E-state index contributed by atoms with van der Waals surface area (Å²) in [5.74, 6) is 0.0819. The molecule has 1 unspecified atom stereocenters. The van der Waals surface area contributed by atoms with Crippen LogP contribution in [0.25, 0.3) is 11.2 Å². The van der Waals surface area contributed by atoms with E-state index in [0.717, 1.165) is 0 Å². The third-order valence-corrected chi connectivity index (χ3v) is 7.70. The Morgan fingerprint density at radius 1 is 1.37 bits per heavy atom. The molecule has 0 aromatic carbocycles. The summed E-state index contributed by atoms with van der Waals surface area (Å²) in [5.41, 5.74) is 6.57. The summed E-state index contributed by atoms with van der Waals surface area (Å²) in [6, 6.07) is 0. The average molecular weight is 436 g/mol. The number of hydrogen-bond donors (Lipinski definition) is 1. The third-order valence-electron chi connectivity index (χ3n) is 4.02. The van der Waals surface area contributed by atoms with Crippen LogP contribution >= 0.6 is 31.0 Å². The number of hydrogen-bond acceptors (Lipinski definition) is 9. The van der Waals surface area contributed by atoms with Gasteiger partial charge in [0.2, 0.25) is 5.95 Å². The largest absolute Gasteiger partial charge is 0.368 e. The smallest absolute Gasteiger partial charge is 0.330 e. The number of nitrogens with two attached hydrogens (primary N) is 1. The monoisotopic (exact) mass is 435 g/mol. The van der Waals surface area contributed by atoms with Crippen LogP contribution in [-0.2, 0) is 18.3 Å². The van der Waals surface area contributed by atoms with Crippen molar-refractivity contribution in [2.75, 3.05) is 25.1 Å². The molecule has 27 heavy (non-hydrogen) atoms. The number of anilines is 1. The van der Waals surface area contributed by atoms with Crippen molar-refractivity contribution >= 4 is 48.1 Å². The molecule has 3 heterocycles. The second kappa shape index (κ2) is 8.63. The molecule has 3 atom stereocenters. The lowest BCUT2D eigenvalue weighted by Crippen LogP contribution is -2.17. The summed E-state index contributed by atoms with van der Waals surface area (Å²) in [4.78, 5) is 12.4. The minimum absolute atomic E-state index is 0.0819. The van der Waals surface area contributed by atoms with Crippen LogP contribution in [0.2, 0.25) is 5.15 Å². The lowest BCUT2D eigenvalue weighted by Gasteiger charge is -2.19. The molecule has 0 saturated carbocycles. The van der Waals surface area contributed by atoms with Crippen molar-refractivity contribution in [2.24, 2.45) is 0 Å². The van der Waals surface area contributed by atoms with Crippen molar-refractivity contribution in [3.8, 4) is 0 Å². The normalized spacial score (nSPS) is 23.3.